The Morgan fingerprint density at radius 2 is 1.82 bits per heavy atom. The number of rotatable bonds is 0. The lowest BCUT2D eigenvalue weighted by molar-refractivity contribution is 0.389. The molecule has 3 saturated carbocycles. The molecular formula is C11H14. The van der Waals surface area contributed by atoms with Crippen LogP contribution in [0.1, 0.15) is 32.1 Å². The van der Waals surface area contributed by atoms with Crippen molar-refractivity contribution >= 4 is 0 Å². The fourth-order valence-electron chi connectivity index (χ4n) is 4.07. The predicted octanol–water partition coefficient (Wildman–Crippen LogP) is 2.75. The second-order valence-corrected chi connectivity index (χ2v) is 5.01. The fourth-order valence-corrected chi connectivity index (χ4v) is 4.07. The van der Waals surface area contributed by atoms with E-state index in [1.54, 1.807) is 19.3 Å². The molecule has 0 aromatic heterocycles. The van der Waals surface area contributed by atoms with E-state index in [-0.39, 0.29) is 0 Å². The Bertz CT molecular complexity index is 261. The first-order chi connectivity index (χ1) is 5.43. The Labute approximate surface area is 67.7 Å². The summed E-state index contributed by atoms with van der Waals surface area (Å²) in [4.78, 5) is 0. The van der Waals surface area contributed by atoms with Crippen LogP contribution in [0.3, 0.4) is 0 Å². The molecule has 0 heteroatoms. The second kappa shape index (κ2) is 1.44. The molecule has 0 nitrogen and oxygen atoms in total. The maximum absolute atomic E-state index is 1.99. The highest BCUT2D eigenvalue weighted by molar-refractivity contribution is 5.38. The van der Waals surface area contributed by atoms with E-state index in [4.69, 9.17) is 0 Å². The molecule has 4 rings (SSSR count). The molecule has 3 fully saturated rings. The lowest BCUT2D eigenvalue weighted by Crippen LogP contribution is -2.09. The summed E-state index contributed by atoms with van der Waals surface area (Å²) in [6.45, 7) is 0. The molecule has 0 N–H and O–H groups in total. The van der Waals surface area contributed by atoms with Crippen molar-refractivity contribution in [2.45, 2.75) is 32.1 Å². The predicted molar refractivity (Wildman–Crippen MR) is 44.1 cm³/mol. The van der Waals surface area contributed by atoms with Gasteiger partial charge in [0.25, 0.3) is 0 Å². The summed E-state index contributed by atoms with van der Waals surface area (Å²) in [5.41, 5.74) is 3.91. The molecule has 58 valence electrons. The van der Waals surface area contributed by atoms with E-state index in [1.807, 2.05) is 11.1 Å². The van der Waals surface area contributed by atoms with Gasteiger partial charge in [0, 0.05) is 0 Å². The average Bonchev–Trinajstić information content (AvgIpc) is 2.53. The lowest BCUT2D eigenvalue weighted by Gasteiger charge is -2.19. The highest BCUT2D eigenvalue weighted by atomic mass is 14.6. The van der Waals surface area contributed by atoms with Crippen molar-refractivity contribution in [1.82, 2.24) is 0 Å². The summed E-state index contributed by atoms with van der Waals surface area (Å²) in [5, 5.41) is 0. The summed E-state index contributed by atoms with van der Waals surface area (Å²) >= 11 is 0. The molecule has 0 saturated heterocycles. The van der Waals surface area contributed by atoms with E-state index in [1.165, 1.54) is 18.8 Å². The zero-order valence-corrected chi connectivity index (χ0v) is 6.84. The maximum Gasteiger partial charge on any atom is -0.0163 e. The summed E-state index contributed by atoms with van der Waals surface area (Å²) < 4.78 is 0. The van der Waals surface area contributed by atoms with Gasteiger partial charge in [-0.3, -0.25) is 0 Å². The molecule has 2 bridgehead atoms. The summed E-state index contributed by atoms with van der Waals surface area (Å²) in [7, 11) is 0. The third-order valence-corrected chi connectivity index (χ3v) is 4.58. The molecule has 0 aliphatic heterocycles. The van der Waals surface area contributed by atoms with Crippen LogP contribution in [0.25, 0.3) is 0 Å². The highest BCUT2D eigenvalue weighted by Crippen LogP contribution is 2.67. The minimum Gasteiger partial charge on any atom is -0.0701 e. The summed E-state index contributed by atoms with van der Waals surface area (Å²) in [5.74, 6) is 4.54. The SMILES string of the molecule is C1CC2CC1=C1C2CC2CC12. The third kappa shape index (κ3) is 0.483. The molecular weight excluding hydrogens is 132 g/mol. The van der Waals surface area contributed by atoms with Gasteiger partial charge in [0.15, 0.2) is 0 Å². The van der Waals surface area contributed by atoms with Gasteiger partial charge in [-0.1, -0.05) is 11.1 Å². The van der Waals surface area contributed by atoms with E-state index in [0.717, 1.165) is 17.8 Å². The zero-order chi connectivity index (χ0) is 7.00. The van der Waals surface area contributed by atoms with Crippen molar-refractivity contribution in [3.05, 3.63) is 11.1 Å². The smallest absolute Gasteiger partial charge is 0.0163 e. The van der Waals surface area contributed by atoms with Crippen LogP contribution >= 0.6 is 0 Å². The Kier molecular flexibility index (Phi) is 0.706. The molecule has 0 radical (unpaired) electrons. The Hall–Kier alpha value is -0.260. The fraction of sp³-hybridized carbons (Fsp3) is 0.818. The highest BCUT2D eigenvalue weighted by Gasteiger charge is 2.56. The van der Waals surface area contributed by atoms with Gasteiger partial charge in [0.2, 0.25) is 0 Å². The van der Waals surface area contributed by atoms with Gasteiger partial charge in [-0.2, -0.15) is 0 Å². The van der Waals surface area contributed by atoms with E-state index in [2.05, 4.69) is 0 Å². The lowest BCUT2D eigenvalue weighted by atomic mass is 9.86. The molecule has 0 aromatic rings. The van der Waals surface area contributed by atoms with Crippen molar-refractivity contribution < 1.29 is 0 Å². The van der Waals surface area contributed by atoms with E-state index >= 15 is 0 Å². The largest absolute Gasteiger partial charge is 0.0701 e. The number of allylic oxidation sites excluding steroid dienone is 2. The molecule has 0 heterocycles. The normalized spacial score (nSPS) is 56.7. The first-order valence-electron chi connectivity index (χ1n) is 5.15. The van der Waals surface area contributed by atoms with E-state index in [0.29, 0.717) is 0 Å². The van der Waals surface area contributed by atoms with Crippen LogP contribution in [0, 0.1) is 23.7 Å². The number of hydrogen-bond acceptors (Lipinski definition) is 0. The topological polar surface area (TPSA) is 0 Å². The monoisotopic (exact) mass is 146 g/mol. The van der Waals surface area contributed by atoms with E-state index in [9.17, 15) is 0 Å². The number of fused-ring (bicyclic) bond motifs is 6. The van der Waals surface area contributed by atoms with Crippen molar-refractivity contribution in [3.8, 4) is 0 Å². The van der Waals surface area contributed by atoms with E-state index < -0.39 is 0 Å². The minimum atomic E-state index is 1.11. The number of hydrogen-bond donors (Lipinski definition) is 0. The molecule has 0 spiro atoms. The first kappa shape index (κ1) is 5.40. The van der Waals surface area contributed by atoms with Crippen LogP contribution in [-0.4, -0.2) is 0 Å². The molecule has 0 amide bonds. The molecule has 4 unspecified atom stereocenters. The third-order valence-electron chi connectivity index (χ3n) is 4.58. The molecule has 4 aliphatic carbocycles. The van der Waals surface area contributed by atoms with Gasteiger partial charge < -0.3 is 0 Å². The van der Waals surface area contributed by atoms with Gasteiger partial charge in [-0.25, -0.2) is 0 Å². The first-order valence-corrected chi connectivity index (χ1v) is 5.15. The van der Waals surface area contributed by atoms with Crippen molar-refractivity contribution in [2.24, 2.45) is 23.7 Å². The van der Waals surface area contributed by atoms with Crippen LogP contribution in [0.15, 0.2) is 11.1 Å². The van der Waals surface area contributed by atoms with Crippen LogP contribution in [0.5, 0.6) is 0 Å². The summed E-state index contributed by atoms with van der Waals surface area (Å²) in [6.07, 6.45) is 7.71. The summed E-state index contributed by atoms with van der Waals surface area (Å²) in [6, 6.07) is 0. The molecule has 0 aromatic carbocycles. The van der Waals surface area contributed by atoms with Crippen molar-refractivity contribution in [1.29, 1.82) is 0 Å². The second-order valence-electron chi connectivity index (χ2n) is 5.01. The minimum absolute atomic E-state index is 1.11. The molecule has 11 heavy (non-hydrogen) atoms. The van der Waals surface area contributed by atoms with Crippen molar-refractivity contribution in [3.63, 3.8) is 0 Å². The van der Waals surface area contributed by atoms with Crippen LogP contribution in [-0.2, 0) is 0 Å². The Morgan fingerprint density at radius 3 is 2.64 bits per heavy atom. The van der Waals surface area contributed by atoms with Crippen LogP contribution in [0.2, 0.25) is 0 Å². The van der Waals surface area contributed by atoms with Gasteiger partial charge in [-0.05, 0) is 55.8 Å². The average molecular weight is 146 g/mol. The molecule has 4 aliphatic rings. The van der Waals surface area contributed by atoms with Crippen LogP contribution < -0.4 is 0 Å². The Balaban J connectivity index is 1.91. The van der Waals surface area contributed by atoms with Crippen molar-refractivity contribution in [2.75, 3.05) is 0 Å². The van der Waals surface area contributed by atoms with Gasteiger partial charge in [-0.15, -0.1) is 0 Å². The maximum atomic E-state index is 1.99. The standard InChI is InChI=1S/C11H14/c1-2-7-3-6(1)9-4-8-5-10(8)11(7)9/h6,8-10H,1-5H2. The molecule has 4 atom stereocenters. The van der Waals surface area contributed by atoms with Gasteiger partial charge >= 0.3 is 0 Å². The quantitative estimate of drug-likeness (QED) is 0.461. The van der Waals surface area contributed by atoms with Crippen LogP contribution in [0.4, 0.5) is 0 Å². The van der Waals surface area contributed by atoms with Gasteiger partial charge in [0.05, 0.1) is 0 Å². The Morgan fingerprint density at radius 1 is 1.00 bits per heavy atom. The van der Waals surface area contributed by atoms with Gasteiger partial charge in [0.1, 0.15) is 0 Å². The zero-order valence-electron chi connectivity index (χ0n) is 6.84.